The number of benzene rings is 10. The van der Waals surface area contributed by atoms with Gasteiger partial charge in [-0.05, 0) is 117 Å². The molecule has 0 bridgehead atoms. The fourth-order valence-electron chi connectivity index (χ4n) is 9.26. The predicted molar refractivity (Wildman–Crippen MR) is 263 cm³/mol. The monoisotopic (exact) mass is 809 g/mol. The van der Waals surface area contributed by atoms with E-state index in [0.29, 0.717) is 0 Å². The van der Waals surface area contributed by atoms with Gasteiger partial charge in [-0.2, -0.15) is 0 Å². The highest BCUT2D eigenvalue weighted by atomic mass is 32.2. The molecule has 0 fully saturated rings. The van der Waals surface area contributed by atoms with E-state index in [-0.39, 0.29) is 0 Å². The number of nitrogens with zero attached hydrogens (tertiary/aromatic N) is 3. The summed E-state index contributed by atoms with van der Waals surface area (Å²) in [7, 11) is 0. The lowest BCUT2D eigenvalue weighted by molar-refractivity contribution is 1.03. The molecule has 1 aliphatic rings. The normalized spacial score (nSPS) is 12.1. The Bertz CT molecular complexity index is 3430. The van der Waals surface area contributed by atoms with Gasteiger partial charge in [0.15, 0.2) is 0 Å². The summed E-state index contributed by atoms with van der Waals surface area (Å²) in [5.41, 5.74) is 12.7. The highest BCUT2D eigenvalue weighted by Crippen LogP contribution is 2.56. The van der Waals surface area contributed by atoms with E-state index in [9.17, 15) is 0 Å². The van der Waals surface area contributed by atoms with Gasteiger partial charge in [-0.25, -0.2) is 0 Å². The molecule has 292 valence electrons. The van der Waals surface area contributed by atoms with E-state index in [1.165, 1.54) is 70.2 Å². The Kier molecular flexibility index (Phi) is 8.75. The maximum absolute atomic E-state index is 2.45. The molecule has 0 saturated carbocycles. The van der Waals surface area contributed by atoms with Crippen molar-refractivity contribution in [1.29, 1.82) is 0 Å². The first-order valence-electron chi connectivity index (χ1n) is 21.1. The molecule has 0 atom stereocenters. The van der Waals surface area contributed by atoms with Crippen molar-refractivity contribution in [2.45, 2.75) is 9.79 Å². The van der Waals surface area contributed by atoms with Crippen LogP contribution in [0.5, 0.6) is 0 Å². The Balaban J connectivity index is 1.02. The van der Waals surface area contributed by atoms with Crippen molar-refractivity contribution in [3.05, 3.63) is 237 Å². The van der Waals surface area contributed by atoms with Gasteiger partial charge in [0.1, 0.15) is 5.82 Å². The Morgan fingerprint density at radius 3 is 1.69 bits per heavy atom. The molecule has 0 N–H and O–H groups in total. The molecule has 62 heavy (non-hydrogen) atoms. The topological polar surface area (TPSA) is 11.4 Å². The quantitative estimate of drug-likeness (QED) is 0.149. The van der Waals surface area contributed by atoms with Crippen molar-refractivity contribution in [2.75, 3.05) is 9.80 Å². The first-order valence-corrected chi connectivity index (χ1v) is 21.9. The van der Waals surface area contributed by atoms with Crippen molar-refractivity contribution < 1.29 is 0 Å². The third-order valence-corrected chi connectivity index (χ3v) is 13.3. The lowest BCUT2D eigenvalue weighted by Gasteiger charge is -2.33. The molecule has 12 rings (SSSR count). The number of hydrogen-bond acceptors (Lipinski definition) is 3. The first-order chi connectivity index (χ1) is 30.8. The standard InChI is InChI=1S/C58H39N3S/c1-3-16-40(17-4-1)42-19-15-20-43(38-42)41-30-32-46(33-31-41)59(55-39-44-18-7-8-23-49(44)50-24-9-10-25-51(50)55)47-34-36-48(37-35-47)61-54-28-13-14-29-56(54)62-57-52-26-11-12-27-53(52)60(58(57)61)45-21-5-2-6-22-45/h1-39H. The molecular weight excluding hydrogens is 771 g/mol. The van der Waals surface area contributed by atoms with Crippen LogP contribution in [-0.4, -0.2) is 4.57 Å². The molecule has 1 aromatic heterocycles. The average Bonchev–Trinajstić information content (AvgIpc) is 3.68. The van der Waals surface area contributed by atoms with Gasteiger partial charge in [-0.15, -0.1) is 0 Å². The van der Waals surface area contributed by atoms with Crippen molar-refractivity contribution in [1.82, 2.24) is 4.57 Å². The molecule has 11 aromatic rings. The van der Waals surface area contributed by atoms with Gasteiger partial charge < -0.3 is 4.90 Å². The van der Waals surface area contributed by atoms with E-state index in [4.69, 9.17) is 0 Å². The number of rotatable bonds is 7. The number of fused-ring (bicyclic) bond motifs is 7. The molecule has 3 nitrogen and oxygen atoms in total. The summed E-state index contributed by atoms with van der Waals surface area (Å²) in [4.78, 5) is 7.37. The molecule has 0 spiro atoms. The number of hydrogen-bond donors (Lipinski definition) is 0. The van der Waals surface area contributed by atoms with E-state index in [2.05, 4.69) is 251 Å². The zero-order valence-electron chi connectivity index (χ0n) is 33.8. The van der Waals surface area contributed by atoms with E-state index in [1.54, 1.807) is 0 Å². The van der Waals surface area contributed by atoms with Gasteiger partial charge in [0.25, 0.3) is 0 Å². The minimum absolute atomic E-state index is 1.08. The first kappa shape index (κ1) is 36.1. The summed E-state index contributed by atoms with van der Waals surface area (Å²) < 4.78 is 2.42. The lowest BCUT2D eigenvalue weighted by Crippen LogP contribution is -2.18. The summed E-state index contributed by atoms with van der Waals surface area (Å²) in [5.74, 6) is 1.15. The highest BCUT2D eigenvalue weighted by molar-refractivity contribution is 8.00. The zero-order valence-corrected chi connectivity index (χ0v) is 34.6. The molecular formula is C58H39N3S. The van der Waals surface area contributed by atoms with Gasteiger partial charge in [-0.1, -0.05) is 169 Å². The number of anilines is 6. The van der Waals surface area contributed by atoms with Gasteiger partial charge in [-0.3, -0.25) is 9.47 Å². The van der Waals surface area contributed by atoms with Gasteiger partial charge in [0.05, 0.1) is 21.8 Å². The Labute approximate surface area is 365 Å². The Hall–Kier alpha value is -7.79. The van der Waals surface area contributed by atoms with E-state index < -0.39 is 0 Å². The molecule has 0 amide bonds. The predicted octanol–water partition coefficient (Wildman–Crippen LogP) is 16.7. The molecule has 4 heteroatoms. The fraction of sp³-hybridized carbons (Fsp3) is 0. The Morgan fingerprint density at radius 2 is 0.935 bits per heavy atom. The van der Waals surface area contributed by atoms with Crippen LogP contribution in [0.25, 0.3) is 60.4 Å². The summed E-state index contributed by atoms with van der Waals surface area (Å²) in [6.07, 6.45) is 0. The summed E-state index contributed by atoms with van der Waals surface area (Å²) in [6, 6.07) is 85.9. The van der Waals surface area contributed by atoms with Crippen LogP contribution >= 0.6 is 11.8 Å². The second-order valence-corrected chi connectivity index (χ2v) is 16.8. The van der Waals surface area contributed by atoms with Crippen molar-refractivity contribution in [3.63, 3.8) is 0 Å². The van der Waals surface area contributed by atoms with Crippen LogP contribution in [0, 0.1) is 0 Å². The lowest BCUT2D eigenvalue weighted by atomic mass is 9.98. The molecule has 0 radical (unpaired) electrons. The van der Waals surface area contributed by atoms with Gasteiger partial charge in [0, 0.05) is 38.4 Å². The van der Waals surface area contributed by atoms with Crippen LogP contribution in [-0.2, 0) is 0 Å². The fourth-order valence-corrected chi connectivity index (χ4v) is 10.4. The van der Waals surface area contributed by atoms with Gasteiger partial charge in [0.2, 0.25) is 0 Å². The van der Waals surface area contributed by atoms with Crippen molar-refractivity contribution in [3.8, 4) is 27.9 Å². The number of para-hydroxylation sites is 3. The molecule has 0 saturated heterocycles. The summed E-state index contributed by atoms with van der Waals surface area (Å²) in [5, 5.41) is 6.15. The largest absolute Gasteiger partial charge is 0.310 e. The second-order valence-electron chi connectivity index (χ2n) is 15.8. The molecule has 2 heterocycles. The van der Waals surface area contributed by atoms with Crippen LogP contribution in [0.3, 0.4) is 0 Å². The number of aromatic nitrogens is 1. The molecule has 10 aromatic carbocycles. The molecule has 1 aliphatic heterocycles. The zero-order chi connectivity index (χ0) is 41.0. The third kappa shape index (κ3) is 6.07. The SMILES string of the molecule is c1ccc(-c2cccc(-c3ccc(N(c4ccc(N5c6ccccc6Sc6c5n(-c5ccccc5)c5ccccc65)cc4)c4cc5ccccc5c5ccccc45)cc3)c2)cc1. The summed E-state index contributed by atoms with van der Waals surface area (Å²) in [6.45, 7) is 0. The maximum Gasteiger partial charge on any atom is 0.137 e. The average molecular weight is 810 g/mol. The highest BCUT2D eigenvalue weighted by Gasteiger charge is 2.32. The van der Waals surface area contributed by atoms with Gasteiger partial charge >= 0.3 is 0 Å². The van der Waals surface area contributed by atoms with Crippen molar-refractivity contribution >= 4 is 78.5 Å². The van der Waals surface area contributed by atoms with Crippen LogP contribution < -0.4 is 9.80 Å². The van der Waals surface area contributed by atoms with E-state index >= 15 is 0 Å². The van der Waals surface area contributed by atoms with Crippen LogP contribution in [0.4, 0.5) is 34.3 Å². The minimum Gasteiger partial charge on any atom is -0.310 e. The molecule has 0 aliphatic carbocycles. The minimum atomic E-state index is 1.08. The second kappa shape index (κ2) is 15.0. The van der Waals surface area contributed by atoms with Crippen molar-refractivity contribution in [2.24, 2.45) is 0 Å². The maximum atomic E-state index is 2.45. The molecule has 0 unspecified atom stereocenters. The van der Waals surface area contributed by atoms with Crippen LogP contribution in [0.1, 0.15) is 0 Å². The Morgan fingerprint density at radius 1 is 0.371 bits per heavy atom. The summed E-state index contributed by atoms with van der Waals surface area (Å²) >= 11 is 1.86. The van der Waals surface area contributed by atoms with E-state index in [0.717, 1.165) is 34.3 Å². The van der Waals surface area contributed by atoms with Crippen LogP contribution in [0.2, 0.25) is 0 Å². The van der Waals surface area contributed by atoms with E-state index in [1.807, 2.05) is 11.8 Å². The third-order valence-electron chi connectivity index (χ3n) is 12.1. The van der Waals surface area contributed by atoms with Crippen LogP contribution in [0.15, 0.2) is 246 Å². The smallest absolute Gasteiger partial charge is 0.137 e.